The first-order valence-corrected chi connectivity index (χ1v) is 5.25. The second kappa shape index (κ2) is 3.29. The minimum Gasteiger partial charge on any atom is -0.349 e. The summed E-state index contributed by atoms with van der Waals surface area (Å²) < 4.78 is 0. The average molecular weight is 182 g/mol. The van der Waals surface area contributed by atoms with Crippen LogP contribution in [0.1, 0.15) is 38.5 Å². The smallest absolute Gasteiger partial charge is 0.220 e. The molecule has 2 aliphatic carbocycles. The van der Waals surface area contributed by atoms with Crippen LogP contribution >= 0.6 is 0 Å². The summed E-state index contributed by atoms with van der Waals surface area (Å²) in [6.45, 7) is 0.601. The van der Waals surface area contributed by atoms with Crippen molar-refractivity contribution in [3.63, 3.8) is 0 Å². The molecule has 0 aromatic heterocycles. The van der Waals surface area contributed by atoms with Gasteiger partial charge in [-0.1, -0.05) is 6.42 Å². The zero-order chi connectivity index (χ0) is 9.31. The maximum Gasteiger partial charge on any atom is 0.220 e. The van der Waals surface area contributed by atoms with E-state index in [2.05, 4.69) is 5.32 Å². The molecule has 0 radical (unpaired) electrons. The second-order valence-corrected chi connectivity index (χ2v) is 4.53. The van der Waals surface area contributed by atoms with E-state index < -0.39 is 0 Å². The van der Waals surface area contributed by atoms with Gasteiger partial charge < -0.3 is 11.1 Å². The molecule has 0 saturated heterocycles. The van der Waals surface area contributed by atoms with Gasteiger partial charge in [0.25, 0.3) is 0 Å². The first-order valence-electron chi connectivity index (χ1n) is 5.25. The van der Waals surface area contributed by atoms with Crippen molar-refractivity contribution in [3.8, 4) is 0 Å². The Morgan fingerprint density at radius 1 is 1.46 bits per heavy atom. The molecule has 0 bridgehead atoms. The fourth-order valence-electron chi connectivity index (χ4n) is 1.84. The van der Waals surface area contributed by atoms with Crippen molar-refractivity contribution in [2.45, 2.75) is 44.1 Å². The molecule has 0 spiro atoms. The number of rotatable bonds is 4. The lowest BCUT2D eigenvalue weighted by atomic mass is 9.83. The molecule has 3 nitrogen and oxygen atoms in total. The van der Waals surface area contributed by atoms with Crippen LogP contribution in [-0.4, -0.2) is 18.0 Å². The third kappa shape index (κ3) is 2.02. The van der Waals surface area contributed by atoms with Gasteiger partial charge in [-0.2, -0.15) is 0 Å². The van der Waals surface area contributed by atoms with Gasteiger partial charge in [0, 0.05) is 13.0 Å². The molecular formula is C10H18N2O. The third-order valence-corrected chi connectivity index (χ3v) is 3.35. The van der Waals surface area contributed by atoms with Crippen LogP contribution in [0.4, 0.5) is 0 Å². The molecule has 74 valence electrons. The fourth-order valence-corrected chi connectivity index (χ4v) is 1.84. The van der Waals surface area contributed by atoms with E-state index in [9.17, 15) is 4.79 Å². The largest absolute Gasteiger partial charge is 0.349 e. The summed E-state index contributed by atoms with van der Waals surface area (Å²) in [5, 5.41) is 3.05. The molecule has 1 amide bonds. The molecule has 0 unspecified atom stereocenters. The van der Waals surface area contributed by atoms with E-state index in [1.54, 1.807) is 0 Å². The van der Waals surface area contributed by atoms with Gasteiger partial charge in [0.15, 0.2) is 0 Å². The Hall–Kier alpha value is -0.570. The van der Waals surface area contributed by atoms with Crippen LogP contribution in [0.15, 0.2) is 0 Å². The van der Waals surface area contributed by atoms with Crippen LogP contribution in [0.25, 0.3) is 0 Å². The Balaban J connectivity index is 1.71. The predicted octanol–water partition coefficient (Wildman–Crippen LogP) is 0.784. The predicted molar refractivity (Wildman–Crippen MR) is 51.1 cm³/mol. The molecule has 2 saturated carbocycles. The number of nitrogens with two attached hydrogens (primary N) is 1. The monoisotopic (exact) mass is 182 g/mol. The molecular weight excluding hydrogens is 164 g/mol. The number of hydrogen-bond donors (Lipinski definition) is 2. The Labute approximate surface area is 79.1 Å². The Morgan fingerprint density at radius 3 is 2.54 bits per heavy atom. The Kier molecular flexibility index (Phi) is 2.28. The zero-order valence-electron chi connectivity index (χ0n) is 8.01. The summed E-state index contributed by atoms with van der Waals surface area (Å²) in [6.07, 6.45) is 6.65. The molecule has 3 N–H and O–H groups in total. The van der Waals surface area contributed by atoms with E-state index in [-0.39, 0.29) is 11.4 Å². The highest BCUT2D eigenvalue weighted by atomic mass is 16.1. The van der Waals surface area contributed by atoms with E-state index >= 15 is 0 Å². The van der Waals surface area contributed by atoms with Crippen molar-refractivity contribution in [1.82, 2.24) is 5.32 Å². The van der Waals surface area contributed by atoms with E-state index in [1.165, 1.54) is 19.3 Å². The summed E-state index contributed by atoms with van der Waals surface area (Å²) >= 11 is 0. The van der Waals surface area contributed by atoms with Gasteiger partial charge >= 0.3 is 0 Å². The van der Waals surface area contributed by atoms with Gasteiger partial charge in [-0.05, 0) is 31.6 Å². The van der Waals surface area contributed by atoms with Crippen LogP contribution in [0.3, 0.4) is 0 Å². The van der Waals surface area contributed by atoms with E-state index in [0.717, 1.165) is 19.3 Å². The topological polar surface area (TPSA) is 55.1 Å². The van der Waals surface area contributed by atoms with Crippen molar-refractivity contribution in [2.75, 3.05) is 6.54 Å². The average Bonchev–Trinajstić information content (AvgIpc) is 2.78. The quantitative estimate of drug-likeness (QED) is 0.675. The van der Waals surface area contributed by atoms with Crippen LogP contribution in [-0.2, 0) is 4.79 Å². The highest BCUT2D eigenvalue weighted by molar-refractivity contribution is 5.77. The highest BCUT2D eigenvalue weighted by Crippen LogP contribution is 2.35. The molecule has 2 fully saturated rings. The lowest BCUT2D eigenvalue weighted by Crippen LogP contribution is -2.43. The minimum atomic E-state index is 0.000824. The van der Waals surface area contributed by atoms with Crippen LogP contribution in [0.2, 0.25) is 0 Å². The molecule has 0 atom stereocenters. The second-order valence-electron chi connectivity index (χ2n) is 4.53. The highest BCUT2D eigenvalue weighted by Gasteiger charge is 2.42. The summed E-state index contributed by atoms with van der Waals surface area (Å²) in [5.41, 5.74) is 5.58. The van der Waals surface area contributed by atoms with Gasteiger partial charge in [-0.15, -0.1) is 0 Å². The third-order valence-electron chi connectivity index (χ3n) is 3.35. The van der Waals surface area contributed by atoms with Gasteiger partial charge in [0.1, 0.15) is 0 Å². The van der Waals surface area contributed by atoms with E-state index in [1.807, 2.05) is 0 Å². The lowest BCUT2D eigenvalue weighted by Gasteiger charge is -2.25. The maximum atomic E-state index is 11.5. The number of amides is 1. The molecule has 3 heteroatoms. The lowest BCUT2D eigenvalue weighted by molar-refractivity contribution is -0.123. The fraction of sp³-hybridized carbons (Fsp3) is 0.900. The summed E-state index contributed by atoms with van der Waals surface area (Å²) in [6, 6.07) is 0. The SMILES string of the molecule is NCC1(NC(=O)CC2CCC2)CC1. The molecule has 0 aromatic rings. The molecule has 2 aliphatic rings. The zero-order valence-corrected chi connectivity index (χ0v) is 8.01. The van der Waals surface area contributed by atoms with Crippen molar-refractivity contribution in [1.29, 1.82) is 0 Å². The van der Waals surface area contributed by atoms with Crippen LogP contribution in [0, 0.1) is 5.92 Å². The van der Waals surface area contributed by atoms with Crippen molar-refractivity contribution >= 4 is 5.91 Å². The molecule has 0 heterocycles. The minimum absolute atomic E-state index is 0.000824. The van der Waals surface area contributed by atoms with Crippen molar-refractivity contribution in [2.24, 2.45) is 11.7 Å². The number of nitrogens with one attached hydrogen (secondary N) is 1. The maximum absolute atomic E-state index is 11.5. The Bertz CT molecular complexity index is 207. The summed E-state index contributed by atoms with van der Waals surface area (Å²) in [7, 11) is 0. The van der Waals surface area contributed by atoms with Crippen LogP contribution < -0.4 is 11.1 Å². The number of hydrogen-bond acceptors (Lipinski definition) is 2. The number of carbonyl (C=O) groups is 1. The first kappa shape index (κ1) is 9.00. The van der Waals surface area contributed by atoms with Gasteiger partial charge in [0.05, 0.1) is 5.54 Å². The molecule has 0 aromatic carbocycles. The van der Waals surface area contributed by atoms with Crippen LogP contribution in [0.5, 0.6) is 0 Å². The first-order chi connectivity index (χ1) is 6.24. The summed E-state index contributed by atoms with van der Waals surface area (Å²) in [4.78, 5) is 11.5. The summed E-state index contributed by atoms with van der Waals surface area (Å²) in [5.74, 6) is 0.876. The molecule has 0 aliphatic heterocycles. The van der Waals surface area contributed by atoms with E-state index in [4.69, 9.17) is 5.73 Å². The van der Waals surface area contributed by atoms with Gasteiger partial charge in [-0.25, -0.2) is 0 Å². The Morgan fingerprint density at radius 2 is 2.15 bits per heavy atom. The number of carbonyl (C=O) groups excluding carboxylic acids is 1. The molecule has 2 rings (SSSR count). The van der Waals surface area contributed by atoms with Gasteiger partial charge in [-0.3, -0.25) is 4.79 Å². The van der Waals surface area contributed by atoms with Crippen molar-refractivity contribution < 1.29 is 4.79 Å². The normalized spacial score (nSPS) is 25.0. The standard InChI is InChI=1S/C10H18N2O/c11-7-10(4-5-10)12-9(13)6-8-2-1-3-8/h8H,1-7,11H2,(H,12,13). The molecule has 13 heavy (non-hydrogen) atoms. The van der Waals surface area contributed by atoms with E-state index in [0.29, 0.717) is 12.5 Å². The van der Waals surface area contributed by atoms with Gasteiger partial charge in [0.2, 0.25) is 5.91 Å². The van der Waals surface area contributed by atoms with Crippen molar-refractivity contribution in [3.05, 3.63) is 0 Å².